The lowest BCUT2D eigenvalue weighted by atomic mass is 10.0. The minimum atomic E-state index is -0.734. The number of nitrogens with one attached hydrogen (secondary N) is 2. The van der Waals surface area contributed by atoms with Crippen molar-refractivity contribution in [3.8, 4) is 0 Å². The molecule has 0 spiro atoms. The summed E-state index contributed by atoms with van der Waals surface area (Å²) in [5, 5.41) is 4.18. The summed E-state index contributed by atoms with van der Waals surface area (Å²) < 4.78 is 0. The number of carbonyl (C=O) groups is 2. The molecule has 4 rings (SSSR count). The molecule has 0 saturated heterocycles. The monoisotopic (exact) mass is 440 g/mol. The summed E-state index contributed by atoms with van der Waals surface area (Å²) in [6.07, 6.45) is 2.56. The van der Waals surface area contributed by atoms with E-state index in [-0.39, 0.29) is 23.0 Å². The molecule has 1 heterocycles. The van der Waals surface area contributed by atoms with Crippen molar-refractivity contribution in [1.82, 2.24) is 10.3 Å². The van der Waals surface area contributed by atoms with Crippen molar-refractivity contribution in [1.29, 1.82) is 0 Å². The van der Waals surface area contributed by atoms with Crippen molar-refractivity contribution >= 4 is 45.3 Å². The molecule has 1 aromatic heterocycles. The van der Waals surface area contributed by atoms with Crippen molar-refractivity contribution in [3.63, 3.8) is 0 Å². The van der Waals surface area contributed by atoms with Crippen molar-refractivity contribution < 1.29 is 9.59 Å². The number of fused-ring (bicyclic) bond motifs is 1. The van der Waals surface area contributed by atoms with Gasteiger partial charge in [-0.2, -0.15) is 0 Å². The molecule has 3 aromatic rings. The predicted octanol–water partition coefficient (Wildman–Crippen LogP) is 4.19. The van der Waals surface area contributed by atoms with E-state index >= 15 is 0 Å². The first-order valence-electron chi connectivity index (χ1n) is 9.83. The summed E-state index contributed by atoms with van der Waals surface area (Å²) in [7, 11) is 0. The molecule has 1 amide bonds. The molecule has 1 unspecified atom stereocenters. The number of carbonyl (C=O) groups excluding carboxylic acids is 2. The molecular weight excluding hydrogens is 420 g/mol. The molecule has 7 heteroatoms. The Morgan fingerprint density at radius 1 is 1.13 bits per heavy atom. The first kappa shape index (κ1) is 20.7. The smallest absolute Gasteiger partial charge is 0.251 e. The van der Waals surface area contributed by atoms with Crippen molar-refractivity contribution in [3.05, 3.63) is 81.1 Å². The van der Waals surface area contributed by atoms with Crippen molar-refractivity contribution in [2.45, 2.75) is 25.3 Å². The lowest BCUT2D eigenvalue weighted by Gasteiger charge is -2.18. The van der Waals surface area contributed by atoms with E-state index in [0.717, 1.165) is 29.5 Å². The van der Waals surface area contributed by atoms with Crippen LogP contribution in [-0.4, -0.2) is 27.8 Å². The van der Waals surface area contributed by atoms with Crippen LogP contribution in [0.15, 0.2) is 59.4 Å². The Morgan fingerprint density at radius 3 is 2.60 bits per heavy atom. The van der Waals surface area contributed by atoms with Crippen LogP contribution < -0.4 is 10.9 Å². The Bertz CT molecular complexity index is 1140. The van der Waals surface area contributed by atoms with Crippen molar-refractivity contribution in [2.75, 3.05) is 5.75 Å². The highest BCUT2D eigenvalue weighted by Crippen LogP contribution is 2.33. The molecule has 154 valence electrons. The summed E-state index contributed by atoms with van der Waals surface area (Å²) in [6, 6.07) is 14.8. The predicted molar refractivity (Wildman–Crippen MR) is 121 cm³/mol. The summed E-state index contributed by atoms with van der Waals surface area (Å²) in [4.78, 5) is 40.6. The number of pyridine rings is 1. The SMILES string of the molecule is O=C(NC(Cc1cc(=O)[nH]c2ccccc12)C(=O)SCC1CC1)c1ccc(Cl)cc1. The van der Waals surface area contributed by atoms with Gasteiger partial charge < -0.3 is 10.3 Å². The van der Waals surface area contributed by atoms with Gasteiger partial charge in [0.05, 0.1) is 0 Å². The topological polar surface area (TPSA) is 79.0 Å². The van der Waals surface area contributed by atoms with Gasteiger partial charge in [-0.05, 0) is 54.7 Å². The minimum Gasteiger partial charge on any atom is -0.341 e. The van der Waals surface area contributed by atoms with Gasteiger partial charge in [-0.15, -0.1) is 0 Å². The lowest BCUT2D eigenvalue weighted by Crippen LogP contribution is -2.41. The fourth-order valence-electron chi connectivity index (χ4n) is 3.29. The summed E-state index contributed by atoms with van der Waals surface area (Å²) in [5.74, 6) is 1.01. The first-order chi connectivity index (χ1) is 14.5. The molecule has 0 aliphatic heterocycles. The number of hydrogen-bond acceptors (Lipinski definition) is 4. The van der Waals surface area contributed by atoms with Crippen LogP contribution in [0.25, 0.3) is 10.9 Å². The fraction of sp³-hybridized carbons (Fsp3) is 0.261. The molecule has 2 aromatic carbocycles. The van der Waals surface area contributed by atoms with Crippen LogP contribution in [-0.2, 0) is 11.2 Å². The van der Waals surface area contributed by atoms with E-state index in [1.807, 2.05) is 24.3 Å². The second kappa shape index (κ2) is 9.06. The second-order valence-electron chi connectivity index (χ2n) is 7.51. The van der Waals surface area contributed by atoms with E-state index in [4.69, 9.17) is 11.6 Å². The molecule has 2 N–H and O–H groups in total. The largest absolute Gasteiger partial charge is 0.341 e. The van der Waals surface area contributed by atoms with Gasteiger partial charge in [0.2, 0.25) is 10.7 Å². The second-order valence-corrected chi connectivity index (χ2v) is 8.98. The van der Waals surface area contributed by atoms with Gasteiger partial charge in [0.15, 0.2) is 0 Å². The third-order valence-corrected chi connectivity index (χ3v) is 6.57. The highest BCUT2D eigenvalue weighted by atomic mass is 35.5. The Kier molecular flexibility index (Phi) is 6.25. The van der Waals surface area contributed by atoms with Gasteiger partial charge in [-0.25, -0.2) is 0 Å². The quantitative estimate of drug-likeness (QED) is 0.577. The number of rotatable bonds is 7. The van der Waals surface area contributed by atoms with Crippen LogP contribution in [0, 0.1) is 5.92 Å². The number of H-pyrrole nitrogens is 1. The van der Waals surface area contributed by atoms with Gasteiger partial charge in [0, 0.05) is 39.7 Å². The molecule has 1 fully saturated rings. The van der Waals surface area contributed by atoms with E-state index in [2.05, 4.69) is 10.3 Å². The molecule has 5 nitrogen and oxygen atoms in total. The zero-order chi connectivity index (χ0) is 21.1. The number of thioether (sulfide) groups is 1. The number of hydrogen-bond donors (Lipinski definition) is 2. The first-order valence-corrected chi connectivity index (χ1v) is 11.2. The van der Waals surface area contributed by atoms with Gasteiger partial charge in [-0.1, -0.05) is 41.6 Å². The Balaban J connectivity index is 1.60. The van der Waals surface area contributed by atoms with Crippen LogP contribution in [0.5, 0.6) is 0 Å². The Hall–Kier alpha value is -2.57. The lowest BCUT2D eigenvalue weighted by molar-refractivity contribution is -0.112. The molecule has 30 heavy (non-hydrogen) atoms. The highest BCUT2D eigenvalue weighted by Gasteiger charge is 2.27. The fourth-order valence-corrected chi connectivity index (χ4v) is 4.49. The summed E-state index contributed by atoms with van der Waals surface area (Å²) in [5.41, 5.74) is 1.64. The number of amides is 1. The standard InChI is InChI=1S/C23H21ClN2O3S/c24-17-9-7-15(8-10-17)22(28)26-20(23(29)30-13-14-5-6-14)11-16-12-21(27)25-19-4-2-1-3-18(16)19/h1-4,7-10,12,14,20H,5-6,11,13H2,(H,25,27)(H,26,28). The van der Waals surface area contributed by atoms with Gasteiger partial charge in [0.1, 0.15) is 6.04 Å². The number of aromatic nitrogens is 1. The Labute approximate surface area is 183 Å². The van der Waals surface area contributed by atoms with E-state index in [1.165, 1.54) is 17.8 Å². The molecule has 0 radical (unpaired) electrons. The molecular formula is C23H21ClN2O3S. The number of aromatic amines is 1. The average Bonchev–Trinajstić information content (AvgIpc) is 3.56. The number of halogens is 1. The van der Waals surface area contributed by atoms with E-state index in [9.17, 15) is 14.4 Å². The maximum Gasteiger partial charge on any atom is 0.251 e. The van der Waals surface area contributed by atoms with Crippen molar-refractivity contribution in [2.24, 2.45) is 5.92 Å². The van der Waals surface area contributed by atoms with Crippen LogP contribution in [0.3, 0.4) is 0 Å². The maximum absolute atomic E-state index is 13.0. The number of para-hydroxylation sites is 1. The normalized spacial score (nSPS) is 14.4. The summed E-state index contributed by atoms with van der Waals surface area (Å²) in [6.45, 7) is 0. The zero-order valence-corrected chi connectivity index (χ0v) is 17.8. The van der Waals surface area contributed by atoms with Crippen LogP contribution >= 0.6 is 23.4 Å². The third-order valence-electron chi connectivity index (χ3n) is 5.11. The van der Waals surface area contributed by atoms with E-state index < -0.39 is 6.04 Å². The van der Waals surface area contributed by atoms with Crippen LogP contribution in [0.4, 0.5) is 0 Å². The Morgan fingerprint density at radius 2 is 1.87 bits per heavy atom. The molecule has 1 aliphatic carbocycles. The van der Waals surface area contributed by atoms with Gasteiger partial charge >= 0.3 is 0 Å². The molecule has 0 bridgehead atoms. The van der Waals surface area contributed by atoms with Crippen LogP contribution in [0.2, 0.25) is 5.02 Å². The number of benzene rings is 2. The molecule has 1 atom stereocenters. The minimum absolute atomic E-state index is 0.0893. The zero-order valence-electron chi connectivity index (χ0n) is 16.2. The van der Waals surface area contributed by atoms with Crippen LogP contribution in [0.1, 0.15) is 28.8 Å². The average molecular weight is 441 g/mol. The molecule has 1 aliphatic rings. The maximum atomic E-state index is 13.0. The van der Waals surface area contributed by atoms with Gasteiger partial charge in [-0.3, -0.25) is 14.4 Å². The van der Waals surface area contributed by atoms with E-state index in [0.29, 0.717) is 22.0 Å². The van der Waals surface area contributed by atoms with E-state index in [1.54, 1.807) is 24.3 Å². The third kappa shape index (κ3) is 5.12. The molecule has 1 saturated carbocycles. The van der Waals surface area contributed by atoms with Gasteiger partial charge in [0.25, 0.3) is 5.91 Å². The highest BCUT2D eigenvalue weighted by molar-refractivity contribution is 8.13. The summed E-state index contributed by atoms with van der Waals surface area (Å²) >= 11 is 7.17.